The number of allylic oxidation sites excluding steroid dienone is 1. The molecule has 0 amide bonds. The van der Waals surface area contributed by atoms with Crippen LogP contribution in [0.4, 0.5) is 0 Å². The Bertz CT molecular complexity index is 905. The third-order valence-corrected chi connectivity index (χ3v) is 3.97. The Morgan fingerprint density at radius 1 is 0.778 bits per heavy atom. The van der Waals surface area contributed by atoms with Crippen molar-refractivity contribution in [3.8, 4) is 11.5 Å². The molecule has 0 saturated carbocycles. The number of benzene rings is 3. The highest BCUT2D eigenvalue weighted by atomic mass is 35.5. The second-order valence-corrected chi connectivity index (χ2v) is 6.26. The lowest BCUT2D eigenvalue weighted by Crippen LogP contribution is -2.01. The fourth-order valence-corrected chi connectivity index (χ4v) is 2.56. The molecule has 0 aliphatic carbocycles. The van der Waals surface area contributed by atoms with Crippen LogP contribution in [0.3, 0.4) is 0 Å². The highest BCUT2D eigenvalue weighted by Crippen LogP contribution is 2.30. The fourth-order valence-electron chi connectivity index (χ4n) is 2.49. The zero-order valence-electron chi connectivity index (χ0n) is 14.7. The van der Waals surface area contributed by atoms with Crippen LogP contribution in [0.5, 0.6) is 11.5 Å². The molecule has 0 unspecified atom stereocenters. The van der Waals surface area contributed by atoms with E-state index in [1.54, 1.807) is 6.08 Å². The summed E-state index contributed by atoms with van der Waals surface area (Å²) in [6, 6.07) is 25.4. The van der Waals surface area contributed by atoms with E-state index in [4.69, 9.17) is 21.1 Å². The first-order valence-corrected chi connectivity index (χ1v) is 8.93. The average Bonchev–Trinajstić information content (AvgIpc) is 2.71. The van der Waals surface area contributed by atoms with Gasteiger partial charge in [0.25, 0.3) is 0 Å². The van der Waals surface area contributed by atoms with E-state index in [0.29, 0.717) is 24.7 Å². The molecule has 0 bridgehead atoms. The molecule has 0 saturated heterocycles. The van der Waals surface area contributed by atoms with Gasteiger partial charge in [-0.05, 0) is 46.5 Å². The number of ether oxygens (including phenoxy) is 2. The maximum absolute atomic E-state index is 11.0. The maximum atomic E-state index is 11.0. The van der Waals surface area contributed by atoms with Crippen molar-refractivity contribution in [2.24, 2.45) is 0 Å². The lowest BCUT2D eigenvalue weighted by Gasteiger charge is -2.14. The van der Waals surface area contributed by atoms with Crippen LogP contribution in [-0.4, -0.2) is 5.24 Å². The van der Waals surface area contributed by atoms with E-state index in [9.17, 15) is 4.79 Å². The van der Waals surface area contributed by atoms with Crippen LogP contribution in [-0.2, 0) is 18.0 Å². The Balaban J connectivity index is 1.78. The minimum atomic E-state index is -0.522. The van der Waals surface area contributed by atoms with E-state index in [2.05, 4.69) is 0 Å². The molecule has 3 nitrogen and oxygen atoms in total. The smallest absolute Gasteiger partial charge is 0.245 e. The Kier molecular flexibility index (Phi) is 6.66. The second kappa shape index (κ2) is 9.60. The molecule has 3 rings (SSSR count). The molecular weight excluding hydrogens is 360 g/mol. The topological polar surface area (TPSA) is 35.5 Å². The summed E-state index contributed by atoms with van der Waals surface area (Å²) < 4.78 is 11.9. The molecule has 0 atom stereocenters. The van der Waals surface area contributed by atoms with Crippen molar-refractivity contribution in [3.05, 3.63) is 102 Å². The minimum Gasteiger partial charge on any atom is -0.485 e. The number of rotatable bonds is 8. The molecule has 0 aliphatic rings. The van der Waals surface area contributed by atoms with Crippen LogP contribution < -0.4 is 9.47 Å². The highest BCUT2D eigenvalue weighted by molar-refractivity contribution is 6.66. The number of hydrogen-bond donors (Lipinski definition) is 0. The largest absolute Gasteiger partial charge is 0.485 e. The van der Waals surface area contributed by atoms with Gasteiger partial charge in [-0.25, -0.2) is 0 Å². The van der Waals surface area contributed by atoms with E-state index in [1.807, 2.05) is 78.9 Å². The zero-order chi connectivity index (χ0) is 18.9. The number of halogens is 1. The second-order valence-electron chi connectivity index (χ2n) is 5.89. The Labute approximate surface area is 163 Å². The van der Waals surface area contributed by atoms with Gasteiger partial charge in [0.1, 0.15) is 13.2 Å². The van der Waals surface area contributed by atoms with E-state index in [1.165, 1.54) is 6.08 Å². The Morgan fingerprint density at radius 3 is 1.89 bits per heavy atom. The summed E-state index contributed by atoms with van der Waals surface area (Å²) in [4.78, 5) is 11.0. The van der Waals surface area contributed by atoms with Gasteiger partial charge < -0.3 is 9.47 Å². The number of carbonyl (C=O) groups excluding carboxylic acids is 1. The molecular formula is C23H19ClO3. The van der Waals surface area contributed by atoms with Gasteiger partial charge in [-0.1, -0.05) is 72.8 Å². The molecule has 3 aromatic carbocycles. The van der Waals surface area contributed by atoms with Crippen LogP contribution >= 0.6 is 11.6 Å². The molecule has 0 radical (unpaired) electrons. The van der Waals surface area contributed by atoms with Crippen LogP contribution in [0.15, 0.2) is 84.9 Å². The van der Waals surface area contributed by atoms with Gasteiger partial charge in [0.05, 0.1) is 0 Å². The first-order valence-electron chi connectivity index (χ1n) is 8.56. The SMILES string of the molecule is O=C(Cl)C=Cc1ccc(OCc2ccccc2)c(OCc2ccccc2)c1. The predicted molar refractivity (Wildman–Crippen MR) is 108 cm³/mol. The van der Waals surface area contributed by atoms with Crippen molar-refractivity contribution in [1.82, 2.24) is 0 Å². The molecule has 0 aliphatic heterocycles. The molecule has 0 fully saturated rings. The predicted octanol–water partition coefficient (Wildman–Crippen LogP) is 5.62. The summed E-state index contributed by atoms with van der Waals surface area (Å²) in [6.07, 6.45) is 2.95. The normalized spacial score (nSPS) is 10.7. The lowest BCUT2D eigenvalue weighted by atomic mass is 10.2. The maximum Gasteiger partial charge on any atom is 0.245 e. The van der Waals surface area contributed by atoms with Gasteiger partial charge in [0, 0.05) is 0 Å². The Morgan fingerprint density at radius 2 is 1.33 bits per heavy atom. The van der Waals surface area contributed by atoms with Gasteiger partial charge >= 0.3 is 0 Å². The zero-order valence-corrected chi connectivity index (χ0v) is 15.4. The summed E-state index contributed by atoms with van der Waals surface area (Å²) in [5.41, 5.74) is 2.94. The molecule has 3 aromatic rings. The average molecular weight is 379 g/mol. The molecule has 0 spiro atoms. The van der Waals surface area contributed by atoms with E-state index < -0.39 is 5.24 Å². The van der Waals surface area contributed by atoms with E-state index in [-0.39, 0.29) is 0 Å². The highest BCUT2D eigenvalue weighted by Gasteiger charge is 2.07. The van der Waals surface area contributed by atoms with Crippen LogP contribution in [0.1, 0.15) is 16.7 Å². The van der Waals surface area contributed by atoms with Crippen molar-refractivity contribution in [1.29, 1.82) is 0 Å². The third-order valence-electron chi connectivity index (χ3n) is 3.85. The summed E-state index contributed by atoms with van der Waals surface area (Å²) in [5.74, 6) is 1.25. The molecule has 136 valence electrons. The number of carbonyl (C=O) groups is 1. The lowest BCUT2D eigenvalue weighted by molar-refractivity contribution is -0.107. The first-order chi connectivity index (χ1) is 13.2. The molecule has 0 aromatic heterocycles. The summed E-state index contributed by atoms with van der Waals surface area (Å²) in [6.45, 7) is 0.863. The molecule has 0 N–H and O–H groups in total. The fraction of sp³-hybridized carbons (Fsp3) is 0.0870. The van der Waals surface area contributed by atoms with Gasteiger partial charge in [-0.15, -0.1) is 0 Å². The molecule has 4 heteroatoms. The van der Waals surface area contributed by atoms with Crippen molar-refractivity contribution in [2.75, 3.05) is 0 Å². The van der Waals surface area contributed by atoms with Gasteiger partial charge in [-0.2, -0.15) is 0 Å². The van der Waals surface area contributed by atoms with Crippen molar-refractivity contribution >= 4 is 22.9 Å². The van der Waals surface area contributed by atoms with Crippen LogP contribution in [0, 0.1) is 0 Å². The van der Waals surface area contributed by atoms with Crippen molar-refractivity contribution < 1.29 is 14.3 Å². The van der Waals surface area contributed by atoms with Gasteiger partial charge in [-0.3, -0.25) is 4.79 Å². The minimum absolute atomic E-state index is 0.421. The van der Waals surface area contributed by atoms with Gasteiger partial charge in [0.2, 0.25) is 5.24 Å². The summed E-state index contributed by atoms with van der Waals surface area (Å²) in [5, 5.41) is -0.522. The van der Waals surface area contributed by atoms with Crippen LogP contribution in [0.2, 0.25) is 0 Å². The molecule has 27 heavy (non-hydrogen) atoms. The first kappa shape index (κ1) is 18.7. The monoisotopic (exact) mass is 378 g/mol. The van der Waals surface area contributed by atoms with Crippen molar-refractivity contribution in [2.45, 2.75) is 13.2 Å². The standard InChI is InChI=1S/C23H19ClO3/c24-23(25)14-12-18-11-13-21(26-16-19-7-3-1-4-8-19)22(15-18)27-17-20-9-5-2-6-10-20/h1-15H,16-17H2. The van der Waals surface area contributed by atoms with E-state index >= 15 is 0 Å². The van der Waals surface area contributed by atoms with Gasteiger partial charge in [0.15, 0.2) is 11.5 Å². The van der Waals surface area contributed by atoms with Crippen LogP contribution in [0.25, 0.3) is 6.08 Å². The molecule has 0 heterocycles. The Hall–Kier alpha value is -3.04. The van der Waals surface area contributed by atoms with Crippen molar-refractivity contribution in [3.63, 3.8) is 0 Å². The number of hydrogen-bond acceptors (Lipinski definition) is 3. The summed E-state index contributed by atoms with van der Waals surface area (Å²) in [7, 11) is 0. The third kappa shape index (κ3) is 6.01. The summed E-state index contributed by atoms with van der Waals surface area (Å²) >= 11 is 5.38. The quantitative estimate of drug-likeness (QED) is 0.377. The van der Waals surface area contributed by atoms with E-state index in [0.717, 1.165) is 16.7 Å².